The van der Waals surface area contributed by atoms with E-state index in [1.807, 2.05) is 19.9 Å². The minimum atomic E-state index is -4.22. The molecule has 0 bridgehead atoms. The number of sulfone groups is 1. The molecule has 0 aromatic heterocycles. The van der Waals surface area contributed by atoms with Crippen molar-refractivity contribution in [2.75, 3.05) is 26.2 Å². The van der Waals surface area contributed by atoms with Gasteiger partial charge in [0.25, 0.3) is 11.8 Å². The standard InChI is InChI=1S/C24H29N3O5S/c1-4-21(28)26-12-14-27(15-13-26)24(30)23(25-22(29)19-7-5-6-18(3)16-19)33(31,32)20-10-8-17(2)9-11-20/h5-11,16,23H,4,12-15H2,1-3H3,(H,25,29)/t23-/m0/s1. The second kappa shape index (κ2) is 10.2. The van der Waals surface area contributed by atoms with E-state index in [0.717, 1.165) is 11.1 Å². The molecule has 2 aromatic rings. The summed E-state index contributed by atoms with van der Waals surface area (Å²) < 4.78 is 26.9. The lowest BCUT2D eigenvalue weighted by atomic mass is 10.1. The van der Waals surface area contributed by atoms with Gasteiger partial charge in [-0.05, 0) is 38.1 Å². The van der Waals surface area contributed by atoms with Crippen LogP contribution >= 0.6 is 0 Å². The average Bonchev–Trinajstić information content (AvgIpc) is 2.81. The molecule has 1 N–H and O–H groups in total. The number of piperazine rings is 1. The van der Waals surface area contributed by atoms with Gasteiger partial charge in [0.2, 0.25) is 21.1 Å². The van der Waals surface area contributed by atoms with Gasteiger partial charge in [-0.25, -0.2) is 8.42 Å². The summed E-state index contributed by atoms with van der Waals surface area (Å²) >= 11 is 0. The van der Waals surface area contributed by atoms with Gasteiger partial charge in [0.15, 0.2) is 0 Å². The van der Waals surface area contributed by atoms with Crippen molar-refractivity contribution in [2.45, 2.75) is 37.5 Å². The highest BCUT2D eigenvalue weighted by Crippen LogP contribution is 2.19. The molecule has 1 saturated heterocycles. The Kier molecular flexibility index (Phi) is 7.53. The quantitative estimate of drug-likeness (QED) is 0.693. The van der Waals surface area contributed by atoms with Crippen molar-refractivity contribution in [2.24, 2.45) is 0 Å². The zero-order chi connectivity index (χ0) is 24.2. The minimum Gasteiger partial charge on any atom is -0.339 e. The van der Waals surface area contributed by atoms with E-state index in [2.05, 4.69) is 5.32 Å². The van der Waals surface area contributed by atoms with Crippen LogP contribution in [0.4, 0.5) is 0 Å². The van der Waals surface area contributed by atoms with Crippen LogP contribution in [0.1, 0.15) is 34.8 Å². The normalized spacial score (nSPS) is 15.1. The number of carbonyl (C=O) groups is 3. The highest BCUT2D eigenvalue weighted by atomic mass is 32.2. The van der Waals surface area contributed by atoms with Crippen molar-refractivity contribution >= 4 is 27.6 Å². The van der Waals surface area contributed by atoms with Crippen LogP contribution < -0.4 is 5.32 Å². The Balaban J connectivity index is 1.89. The van der Waals surface area contributed by atoms with Crippen LogP contribution in [0, 0.1) is 13.8 Å². The van der Waals surface area contributed by atoms with Crippen molar-refractivity contribution < 1.29 is 22.8 Å². The number of amides is 3. The Morgan fingerprint density at radius 2 is 1.52 bits per heavy atom. The van der Waals surface area contributed by atoms with Gasteiger partial charge in [-0.3, -0.25) is 14.4 Å². The van der Waals surface area contributed by atoms with Crippen LogP contribution in [0.5, 0.6) is 0 Å². The number of hydrogen-bond donors (Lipinski definition) is 1. The summed E-state index contributed by atoms with van der Waals surface area (Å²) in [6.45, 7) is 6.46. The largest absolute Gasteiger partial charge is 0.339 e. The second-order valence-electron chi connectivity index (χ2n) is 8.14. The number of carbonyl (C=O) groups excluding carboxylic acids is 3. The predicted octanol–water partition coefficient (Wildman–Crippen LogP) is 1.91. The summed E-state index contributed by atoms with van der Waals surface area (Å²) in [5.74, 6) is -1.37. The summed E-state index contributed by atoms with van der Waals surface area (Å²) in [6, 6.07) is 12.9. The maximum absolute atomic E-state index is 13.5. The molecular formula is C24H29N3O5S. The lowest BCUT2D eigenvalue weighted by Gasteiger charge is -2.36. The highest BCUT2D eigenvalue weighted by Gasteiger charge is 2.39. The molecule has 0 radical (unpaired) electrons. The molecule has 0 spiro atoms. The van der Waals surface area contributed by atoms with E-state index >= 15 is 0 Å². The van der Waals surface area contributed by atoms with Crippen LogP contribution in [0.2, 0.25) is 0 Å². The lowest BCUT2D eigenvalue weighted by Crippen LogP contribution is -2.57. The molecule has 33 heavy (non-hydrogen) atoms. The minimum absolute atomic E-state index is 0.0151. The molecule has 1 fully saturated rings. The molecule has 0 saturated carbocycles. The van der Waals surface area contributed by atoms with Crippen LogP contribution in [0.15, 0.2) is 53.4 Å². The van der Waals surface area contributed by atoms with Crippen molar-refractivity contribution in [3.05, 3.63) is 65.2 Å². The molecule has 1 aliphatic rings. The van der Waals surface area contributed by atoms with E-state index in [1.54, 1.807) is 42.2 Å². The molecule has 1 heterocycles. The zero-order valence-corrected chi connectivity index (χ0v) is 19.9. The summed E-state index contributed by atoms with van der Waals surface area (Å²) in [4.78, 5) is 41.3. The monoisotopic (exact) mass is 471 g/mol. The maximum Gasteiger partial charge on any atom is 0.261 e. The summed E-state index contributed by atoms with van der Waals surface area (Å²) in [5, 5.41) is 0.681. The Morgan fingerprint density at radius 1 is 0.909 bits per heavy atom. The molecule has 3 amide bonds. The van der Waals surface area contributed by atoms with Gasteiger partial charge in [0.1, 0.15) is 0 Å². The molecule has 176 valence electrons. The second-order valence-corrected chi connectivity index (χ2v) is 10.2. The van der Waals surface area contributed by atoms with Crippen LogP contribution in [-0.2, 0) is 19.4 Å². The Morgan fingerprint density at radius 3 is 2.09 bits per heavy atom. The van der Waals surface area contributed by atoms with Gasteiger partial charge in [0.05, 0.1) is 4.90 Å². The fourth-order valence-electron chi connectivity index (χ4n) is 3.69. The van der Waals surface area contributed by atoms with Crippen molar-refractivity contribution in [3.8, 4) is 0 Å². The van der Waals surface area contributed by atoms with Crippen molar-refractivity contribution in [3.63, 3.8) is 0 Å². The van der Waals surface area contributed by atoms with Crippen LogP contribution in [-0.4, -0.2) is 67.5 Å². The fourth-order valence-corrected chi connectivity index (χ4v) is 5.15. The SMILES string of the molecule is CCC(=O)N1CCN(C(=O)[C@@H](NC(=O)c2cccc(C)c2)S(=O)(=O)c2ccc(C)cc2)CC1. The van der Waals surface area contributed by atoms with E-state index < -0.39 is 27.0 Å². The summed E-state index contributed by atoms with van der Waals surface area (Å²) in [6.07, 6.45) is 0.366. The van der Waals surface area contributed by atoms with Crippen molar-refractivity contribution in [1.29, 1.82) is 0 Å². The molecule has 9 heteroatoms. The maximum atomic E-state index is 13.5. The van der Waals surface area contributed by atoms with Gasteiger partial charge < -0.3 is 15.1 Å². The molecule has 8 nitrogen and oxygen atoms in total. The first-order chi connectivity index (χ1) is 15.6. The molecule has 2 aromatic carbocycles. The Hall–Kier alpha value is -3.20. The first-order valence-corrected chi connectivity index (χ1v) is 12.4. The lowest BCUT2D eigenvalue weighted by molar-refractivity contribution is -0.139. The number of rotatable bonds is 6. The third-order valence-electron chi connectivity index (χ3n) is 5.67. The number of aryl methyl sites for hydroxylation is 2. The number of hydrogen-bond acceptors (Lipinski definition) is 5. The molecule has 3 rings (SSSR count). The zero-order valence-electron chi connectivity index (χ0n) is 19.1. The Labute approximate surface area is 194 Å². The van der Waals surface area contributed by atoms with E-state index in [-0.39, 0.29) is 29.5 Å². The summed E-state index contributed by atoms with van der Waals surface area (Å²) in [7, 11) is -4.22. The number of nitrogens with zero attached hydrogens (tertiary/aromatic N) is 2. The topological polar surface area (TPSA) is 104 Å². The highest BCUT2D eigenvalue weighted by molar-refractivity contribution is 7.92. The van der Waals surface area contributed by atoms with E-state index in [4.69, 9.17) is 0 Å². The van der Waals surface area contributed by atoms with Crippen LogP contribution in [0.3, 0.4) is 0 Å². The van der Waals surface area contributed by atoms with Gasteiger partial charge in [-0.1, -0.05) is 42.3 Å². The fraction of sp³-hybridized carbons (Fsp3) is 0.375. The van der Waals surface area contributed by atoms with Gasteiger partial charge >= 0.3 is 0 Å². The number of benzene rings is 2. The van der Waals surface area contributed by atoms with E-state index in [1.165, 1.54) is 17.0 Å². The predicted molar refractivity (Wildman–Crippen MR) is 124 cm³/mol. The van der Waals surface area contributed by atoms with E-state index in [9.17, 15) is 22.8 Å². The van der Waals surface area contributed by atoms with Gasteiger partial charge in [0, 0.05) is 38.2 Å². The number of nitrogens with one attached hydrogen (secondary N) is 1. The average molecular weight is 472 g/mol. The molecule has 1 atom stereocenters. The molecule has 1 aliphatic heterocycles. The summed E-state index contributed by atoms with van der Waals surface area (Å²) in [5.41, 5.74) is 1.98. The van der Waals surface area contributed by atoms with Crippen LogP contribution in [0.25, 0.3) is 0 Å². The molecular weight excluding hydrogens is 442 g/mol. The third-order valence-corrected chi connectivity index (χ3v) is 7.54. The first-order valence-electron chi connectivity index (χ1n) is 10.9. The Bertz CT molecular complexity index is 1140. The first kappa shape index (κ1) is 24.4. The van der Waals surface area contributed by atoms with Gasteiger partial charge in [-0.15, -0.1) is 0 Å². The van der Waals surface area contributed by atoms with Crippen molar-refractivity contribution in [1.82, 2.24) is 15.1 Å². The third kappa shape index (κ3) is 5.60. The van der Waals surface area contributed by atoms with E-state index in [0.29, 0.717) is 19.5 Å². The van der Waals surface area contributed by atoms with Gasteiger partial charge in [-0.2, -0.15) is 0 Å². The molecule has 0 aliphatic carbocycles. The smallest absolute Gasteiger partial charge is 0.261 e. The molecule has 0 unspecified atom stereocenters.